The van der Waals surface area contributed by atoms with Crippen molar-refractivity contribution in [3.05, 3.63) is 119 Å². The van der Waals surface area contributed by atoms with Crippen LogP contribution in [0, 0.1) is 5.41 Å². The summed E-state index contributed by atoms with van der Waals surface area (Å²) >= 11 is 7.77. The van der Waals surface area contributed by atoms with Crippen molar-refractivity contribution in [1.29, 1.82) is 0 Å². The van der Waals surface area contributed by atoms with Gasteiger partial charge in [-0.25, -0.2) is 21.6 Å². The van der Waals surface area contributed by atoms with Gasteiger partial charge in [-0.2, -0.15) is 13.2 Å². The van der Waals surface area contributed by atoms with Crippen LogP contribution in [0.25, 0.3) is 5.57 Å². The number of anilines is 2. The lowest BCUT2D eigenvalue weighted by Crippen LogP contribution is -2.58. The second-order valence-electron chi connectivity index (χ2n) is 21.8. The number of carbonyl (C=O) groups is 3. The molecule has 4 aromatic carbocycles. The van der Waals surface area contributed by atoms with Crippen molar-refractivity contribution in [2.24, 2.45) is 5.41 Å². The molecule has 1 aliphatic carbocycles. The summed E-state index contributed by atoms with van der Waals surface area (Å²) in [6.45, 7) is 13.4. The minimum Gasteiger partial charge on any atom is -0.380 e. The van der Waals surface area contributed by atoms with Crippen LogP contribution in [0.3, 0.4) is 0 Å². The second-order valence-corrected chi connectivity index (χ2v) is 26.9. The zero-order valence-electron chi connectivity index (χ0n) is 44.9. The van der Waals surface area contributed by atoms with Gasteiger partial charge >= 0.3 is 5.51 Å². The number of piperidine rings is 1. The molecule has 0 bridgehead atoms. The number of nitrogens with one attached hydrogen (secondary N) is 3. The Morgan fingerprint density at radius 3 is 2.25 bits per heavy atom. The summed E-state index contributed by atoms with van der Waals surface area (Å²) in [6.07, 6.45) is 5.07. The van der Waals surface area contributed by atoms with Crippen molar-refractivity contribution in [2.75, 3.05) is 114 Å². The molecule has 0 aromatic heterocycles. The first-order valence-electron chi connectivity index (χ1n) is 27.3. The fourth-order valence-electron chi connectivity index (χ4n) is 11.5. The number of nitrogens with zero attached hydrogens (tertiary/aromatic N) is 5. The number of carbonyl (C=O) groups excluding carboxylic acids is 3. The number of piperazine rings is 2. The molecule has 4 saturated heterocycles. The number of alkyl halides is 3. The third-order valence-electron chi connectivity index (χ3n) is 15.9. The molecule has 4 aliphatic heterocycles. The van der Waals surface area contributed by atoms with Crippen LogP contribution in [0.15, 0.2) is 117 Å². The van der Waals surface area contributed by atoms with Crippen LogP contribution in [-0.4, -0.2) is 176 Å². The second kappa shape index (κ2) is 26.0. The number of rotatable bonds is 19. The highest BCUT2D eigenvalue weighted by Gasteiger charge is 2.49. The Labute approximate surface area is 476 Å². The van der Waals surface area contributed by atoms with Gasteiger partial charge in [0.1, 0.15) is 4.90 Å². The Hall–Kier alpha value is -5.04. The van der Waals surface area contributed by atoms with Gasteiger partial charge in [-0.3, -0.25) is 29.5 Å². The van der Waals surface area contributed by atoms with E-state index in [0.29, 0.717) is 75.5 Å². The van der Waals surface area contributed by atoms with Crippen LogP contribution in [0.1, 0.15) is 67.8 Å². The highest BCUT2D eigenvalue weighted by molar-refractivity contribution is 7.99. The number of thioether (sulfide) groups is 1. The van der Waals surface area contributed by atoms with Crippen molar-refractivity contribution >= 4 is 77.9 Å². The molecule has 16 nitrogen and oxygen atoms in total. The molecule has 4 heterocycles. The molecule has 80 heavy (non-hydrogen) atoms. The predicted molar refractivity (Wildman–Crippen MR) is 305 cm³/mol. The van der Waals surface area contributed by atoms with Gasteiger partial charge in [-0.05, 0) is 122 Å². The van der Waals surface area contributed by atoms with Gasteiger partial charge in [0.05, 0.1) is 23.2 Å². The summed E-state index contributed by atoms with van der Waals surface area (Å²) < 4.78 is 104. The number of hydrogen-bond donors (Lipinski definition) is 3. The molecule has 3 N–H and O–H groups in total. The quantitative estimate of drug-likeness (QED) is 0.0616. The van der Waals surface area contributed by atoms with Crippen LogP contribution in [0.5, 0.6) is 0 Å². The van der Waals surface area contributed by atoms with E-state index in [0.717, 1.165) is 107 Å². The number of sulfone groups is 1. The van der Waals surface area contributed by atoms with Gasteiger partial charge in [-0.15, -0.1) is 11.8 Å². The van der Waals surface area contributed by atoms with Crippen LogP contribution in [-0.2, 0) is 34.2 Å². The summed E-state index contributed by atoms with van der Waals surface area (Å²) in [6, 6.07) is 25.5. The molecule has 0 radical (unpaired) electrons. The number of amides is 3. The molecule has 5 aliphatic rings. The van der Waals surface area contributed by atoms with Crippen LogP contribution in [0.2, 0.25) is 5.02 Å². The van der Waals surface area contributed by atoms with Gasteiger partial charge in [0.15, 0.2) is 0 Å². The molecule has 9 rings (SSSR count). The molecular formula is C57H70ClF3N8O8S3. The van der Waals surface area contributed by atoms with Crippen molar-refractivity contribution < 1.29 is 49.1 Å². The smallest absolute Gasteiger partial charge is 0.380 e. The fourth-order valence-corrected chi connectivity index (χ4v) is 14.7. The molecule has 3 atom stereocenters. The molecule has 0 saturated carbocycles. The minimum absolute atomic E-state index is 0.0229. The van der Waals surface area contributed by atoms with E-state index in [4.69, 9.17) is 16.3 Å². The van der Waals surface area contributed by atoms with Gasteiger partial charge in [0, 0.05) is 131 Å². The Kier molecular flexibility index (Phi) is 19.4. The van der Waals surface area contributed by atoms with Crippen LogP contribution >= 0.6 is 23.4 Å². The third-order valence-corrected chi connectivity index (χ3v) is 20.2. The SMILES string of the molecule is C[C@@]1(CN2CCN(C3CCC(=O)NC3=O)CC2)CCC(c2ccc(Cl)cc2)=C(CN2CCN(c3ccc(C(=O)NS(=O)(=O)c4ccc(N[C@H](CCN5CCCOCC5)CSc5ccccc5)c(S(=O)(=O)C(F)(F)F)c4)cc3)CC2)C1. The number of imide groups is 1. The first kappa shape index (κ1) is 59.6. The summed E-state index contributed by atoms with van der Waals surface area (Å²) in [7, 11) is -11.0. The van der Waals surface area contributed by atoms with Gasteiger partial charge in [-0.1, -0.05) is 54.4 Å². The van der Waals surface area contributed by atoms with Crippen molar-refractivity contribution in [3.63, 3.8) is 0 Å². The maximum Gasteiger partial charge on any atom is 0.501 e. The zero-order valence-corrected chi connectivity index (χ0v) is 48.1. The van der Waals surface area contributed by atoms with E-state index in [1.807, 2.05) is 47.2 Å². The van der Waals surface area contributed by atoms with Crippen molar-refractivity contribution in [3.8, 4) is 0 Å². The van der Waals surface area contributed by atoms with Gasteiger partial charge in [0.2, 0.25) is 11.8 Å². The van der Waals surface area contributed by atoms with E-state index in [-0.39, 0.29) is 28.8 Å². The van der Waals surface area contributed by atoms with Gasteiger partial charge in [0.25, 0.3) is 25.8 Å². The largest absolute Gasteiger partial charge is 0.501 e. The highest BCUT2D eigenvalue weighted by atomic mass is 35.5. The minimum atomic E-state index is -6.09. The maximum absolute atomic E-state index is 14.3. The number of halogens is 4. The molecule has 4 aromatic rings. The van der Waals surface area contributed by atoms with Gasteiger partial charge < -0.3 is 24.8 Å². The number of ether oxygens (including phenoxy) is 1. The lowest BCUT2D eigenvalue weighted by molar-refractivity contribution is -0.138. The topological polar surface area (TPSA) is 181 Å². The number of allylic oxidation sites excluding steroid dienone is 1. The zero-order chi connectivity index (χ0) is 56.7. The summed E-state index contributed by atoms with van der Waals surface area (Å²) in [5.74, 6) is -1.08. The first-order valence-corrected chi connectivity index (χ1v) is 31.7. The normalized spacial score (nSPS) is 22.2. The molecule has 0 spiro atoms. The van der Waals surface area contributed by atoms with E-state index >= 15 is 0 Å². The van der Waals surface area contributed by atoms with E-state index in [1.165, 1.54) is 40.6 Å². The van der Waals surface area contributed by atoms with Crippen molar-refractivity contribution in [2.45, 2.75) is 84.1 Å². The molecule has 1 unspecified atom stereocenters. The Balaban J connectivity index is 0.827. The summed E-state index contributed by atoms with van der Waals surface area (Å²) in [4.78, 5) is 48.3. The molecule has 3 amide bonds. The third kappa shape index (κ3) is 15.1. The molecule has 23 heteroatoms. The standard InChI is InChI=1S/C57H70ClF3N8O8S3/c1-56(40-67-27-31-69(32-28-67)51-18-19-53(70)63-55(51)72)22-20-49(41-8-12-44(58)13-9-41)43(37-56)38-66-25-29-68(30-26-66)46-14-10-42(11-15-46)54(71)64-80(75,76)48-16-17-50(52(36-48)79(73,74)57(59,60)61)62-45(39-78-47-6-3-2-4-7-47)21-24-65-23-5-34-77-35-33-65/h2-4,6-17,36,45,51,62H,5,18-35,37-40H2,1H3,(H,64,71)(H,63,70,72)/t45-,51?,56-/m1/s1. The number of benzene rings is 4. The van der Waals surface area contributed by atoms with Crippen LogP contribution < -0.4 is 20.3 Å². The van der Waals surface area contributed by atoms with Crippen LogP contribution in [0.4, 0.5) is 24.5 Å². The lowest BCUT2D eigenvalue weighted by atomic mass is 9.71. The fraction of sp³-hybridized carbons (Fsp3) is 0.491. The molecular weight excluding hydrogens is 1110 g/mol. The van der Waals surface area contributed by atoms with E-state index in [2.05, 4.69) is 54.2 Å². The number of sulfonamides is 1. The van der Waals surface area contributed by atoms with E-state index in [1.54, 1.807) is 12.1 Å². The number of hydrogen-bond acceptors (Lipinski definition) is 15. The monoisotopic (exact) mass is 1180 g/mol. The Morgan fingerprint density at radius 1 is 0.838 bits per heavy atom. The Morgan fingerprint density at radius 2 is 1.55 bits per heavy atom. The summed E-state index contributed by atoms with van der Waals surface area (Å²) in [5, 5.41) is 6.20. The lowest BCUT2D eigenvalue weighted by Gasteiger charge is -2.45. The maximum atomic E-state index is 14.3. The van der Waals surface area contributed by atoms with E-state index < -0.39 is 52.8 Å². The first-order chi connectivity index (χ1) is 38.2. The average molecular weight is 1180 g/mol. The highest BCUT2D eigenvalue weighted by Crippen LogP contribution is 2.44. The van der Waals surface area contributed by atoms with Crippen molar-refractivity contribution in [1.82, 2.24) is 29.6 Å². The summed E-state index contributed by atoms with van der Waals surface area (Å²) in [5.41, 5.74) is -1.41. The average Bonchev–Trinajstić information content (AvgIpc) is 3.78. The van der Waals surface area contributed by atoms with E-state index in [9.17, 15) is 44.4 Å². The predicted octanol–water partition coefficient (Wildman–Crippen LogP) is 7.63. The molecule has 4 fully saturated rings. The molecule has 432 valence electrons. The Bertz CT molecular complexity index is 3080.